The van der Waals surface area contributed by atoms with Crippen molar-refractivity contribution in [2.24, 2.45) is 0 Å². The van der Waals surface area contributed by atoms with Gasteiger partial charge in [0.15, 0.2) is 0 Å². The highest BCUT2D eigenvalue weighted by Gasteiger charge is 2.20. The van der Waals surface area contributed by atoms with Crippen molar-refractivity contribution in [1.29, 1.82) is 0 Å². The molecule has 0 fully saturated rings. The third kappa shape index (κ3) is 5.76. The fraction of sp³-hybridized carbons (Fsp3) is 0.211. The molecule has 6 heteroatoms. The van der Waals surface area contributed by atoms with Gasteiger partial charge in [0.1, 0.15) is 0 Å². The molecule has 3 amide bonds. The van der Waals surface area contributed by atoms with Crippen molar-refractivity contribution in [2.75, 3.05) is 13.1 Å². The zero-order valence-corrected chi connectivity index (χ0v) is 13.8. The molecular weight excluding hydrogens is 318 g/mol. The van der Waals surface area contributed by atoms with Crippen LogP contribution in [0.15, 0.2) is 60.7 Å². The molecule has 2 aromatic rings. The van der Waals surface area contributed by atoms with Crippen LogP contribution in [0.4, 0.5) is 0 Å². The molecular formula is C19H21N3O3. The average Bonchev–Trinajstić information content (AvgIpc) is 2.67. The lowest BCUT2D eigenvalue weighted by Gasteiger charge is -2.19. The largest absolute Gasteiger partial charge is 0.359 e. The van der Waals surface area contributed by atoms with Crippen LogP contribution in [0.5, 0.6) is 0 Å². The van der Waals surface area contributed by atoms with E-state index in [0.29, 0.717) is 25.9 Å². The van der Waals surface area contributed by atoms with Gasteiger partial charge in [-0.15, -0.1) is 0 Å². The number of hydrogen-bond donors (Lipinski definition) is 3. The van der Waals surface area contributed by atoms with Gasteiger partial charge < -0.3 is 16.0 Å². The Labute approximate surface area is 146 Å². The van der Waals surface area contributed by atoms with Crippen molar-refractivity contribution in [1.82, 2.24) is 16.0 Å². The first-order chi connectivity index (χ1) is 12.2. The van der Waals surface area contributed by atoms with E-state index in [1.807, 2.05) is 60.7 Å². The summed E-state index contributed by atoms with van der Waals surface area (Å²) in [6.07, 6.45) is 1.15. The van der Waals surface area contributed by atoms with Crippen LogP contribution in [-0.4, -0.2) is 31.3 Å². The smallest absolute Gasteiger partial charge is 0.310 e. The minimum Gasteiger partial charge on any atom is -0.359 e. The topological polar surface area (TPSA) is 87.3 Å². The van der Waals surface area contributed by atoms with Gasteiger partial charge in [0.2, 0.25) is 6.41 Å². The van der Waals surface area contributed by atoms with E-state index in [1.54, 1.807) is 0 Å². The lowest BCUT2D eigenvalue weighted by Crippen LogP contribution is -2.42. The molecule has 0 saturated heterocycles. The molecule has 0 aromatic heterocycles. The average molecular weight is 339 g/mol. The summed E-state index contributed by atoms with van der Waals surface area (Å²) >= 11 is 0. The number of rotatable bonds is 8. The van der Waals surface area contributed by atoms with Crippen LogP contribution in [0, 0.1) is 0 Å². The van der Waals surface area contributed by atoms with Crippen molar-refractivity contribution in [2.45, 2.75) is 12.5 Å². The molecule has 0 aliphatic carbocycles. The van der Waals surface area contributed by atoms with E-state index in [4.69, 9.17) is 0 Å². The maximum atomic E-state index is 12.2. The lowest BCUT2D eigenvalue weighted by atomic mass is 9.99. The van der Waals surface area contributed by atoms with Gasteiger partial charge in [-0.3, -0.25) is 14.4 Å². The fourth-order valence-electron chi connectivity index (χ4n) is 2.38. The van der Waals surface area contributed by atoms with Crippen molar-refractivity contribution < 1.29 is 14.4 Å². The maximum Gasteiger partial charge on any atom is 0.310 e. The number of carbonyl (C=O) groups is 3. The molecule has 0 aliphatic heterocycles. The molecule has 0 atom stereocenters. The number of hydrogen-bond acceptors (Lipinski definition) is 3. The first kappa shape index (κ1) is 18.2. The van der Waals surface area contributed by atoms with E-state index in [9.17, 15) is 14.4 Å². The Balaban J connectivity index is 2.00. The van der Waals surface area contributed by atoms with Crippen LogP contribution < -0.4 is 16.0 Å². The summed E-state index contributed by atoms with van der Waals surface area (Å²) in [6.45, 7) is 0.760. The van der Waals surface area contributed by atoms with Gasteiger partial charge in [-0.05, 0) is 17.5 Å². The number of nitrogens with one attached hydrogen (secondary N) is 3. The van der Waals surface area contributed by atoms with E-state index < -0.39 is 17.9 Å². The Hall–Kier alpha value is -3.15. The Kier molecular flexibility index (Phi) is 7.18. The third-order valence-corrected chi connectivity index (χ3v) is 3.61. The minimum absolute atomic E-state index is 0.314. The molecule has 0 aliphatic rings. The van der Waals surface area contributed by atoms with Crippen molar-refractivity contribution in [3.05, 3.63) is 71.8 Å². The zero-order valence-electron chi connectivity index (χ0n) is 13.8. The van der Waals surface area contributed by atoms with E-state index in [-0.39, 0.29) is 0 Å². The van der Waals surface area contributed by atoms with E-state index in [0.717, 1.165) is 11.1 Å². The summed E-state index contributed by atoms with van der Waals surface area (Å²) in [4.78, 5) is 34.3. The predicted molar refractivity (Wildman–Crippen MR) is 94.6 cm³/mol. The molecule has 2 rings (SSSR count). The second-order valence-corrected chi connectivity index (χ2v) is 5.41. The van der Waals surface area contributed by atoms with Crippen LogP contribution >= 0.6 is 0 Å². The van der Waals surface area contributed by atoms with Gasteiger partial charge in [-0.2, -0.15) is 0 Å². The first-order valence-electron chi connectivity index (χ1n) is 8.08. The number of amides is 3. The predicted octanol–water partition coefficient (Wildman–Crippen LogP) is 1.14. The molecule has 25 heavy (non-hydrogen) atoms. The van der Waals surface area contributed by atoms with Gasteiger partial charge in [-0.25, -0.2) is 0 Å². The Morgan fingerprint density at radius 3 is 1.92 bits per heavy atom. The maximum absolute atomic E-state index is 12.2. The lowest BCUT2D eigenvalue weighted by molar-refractivity contribution is -0.139. The van der Waals surface area contributed by atoms with Crippen molar-refractivity contribution in [3.8, 4) is 0 Å². The molecule has 2 aromatic carbocycles. The minimum atomic E-state index is -0.693. The molecule has 0 bridgehead atoms. The van der Waals surface area contributed by atoms with E-state index >= 15 is 0 Å². The van der Waals surface area contributed by atoms with Crippen molar-refractivity contribution in [3.63, 3.8) is 0 Å². The zero-order chi connectivity index (χ0) is 17.9. The molecule has 0 spiro atoms. The van der Waals surface area contributed by atoms with Gasteiger partial charge >= 0.3 is 11.8 Å². The summed E-state index contributed by atoms with van der Waals surface area (Å²) in [5.41, 5.74) is 1.79. The summed E-state index contributed by atoms with van der Waals surface area (Å²) < 4.78 is 0. The highest BCUT2D eigenvalue weighted by molar-refractivity contribution is 6.35. The highest BCUT2D eigenvalue weighted by atomic mass is 16.2. The third-order valence-electron chi connectivity index (χ3n) is 3.61. The number of carbonyl (C=O) groups excluding carboxylic acids is 3. The van der Waals surface area contributed by atoms with Crippen LogP contribution in [0.3, 0.4) is 0 Å². The van der Waals surface area contributed by atoms with Crippen LogP contribution in [0.1, 0.15) is 23.6 Å². The molecule has 6 nitrogen and oxygen atoms in total. The molecule has 0 saturated carbocycles. The normalized spacial score (nSPS) is 10.1. The van der Waals surface area contributed by atoms with E-state index in [1.165, 1.54) is 0 Å². The fourth-order valence-corrected chi connectivity index (χ4v) is 2.38. The second-order valence-electron chi connectivity index (χ2n) is 5.41. The molecule has 0 heterocycles. The Morgan fingerprint density at radius 2 is 1.40 bits per heavy atom. The van der Waals surface area contributed by atoms with Gasteiger partial charge in [0.25, 0.3) is 0 Å². The van der Waals surface area contributed by atoms with Crippen molar-refractivity contribution >= 4 is 18.2 Å². The van der Waals surface area contributed by atoms with Gasteiger partial charge in [0, 0.05) is 13.1 Å². The Bertz CT molecular complexity index is 650. The van der Waals surface area contributed by atoms with E-state index in [2.05, 4.69) is 16.0 Å². The summed E-state index contributed by atoms with van der Waals surface area (Å²) in [5, 5.41) is 7.82. The van der Waals surface area contributed by atoms with Crippen LogP contribution in [-0.2, 0) is 14.4 Å². The monoisotopic (exact) mass is 339 g/mol. The standard InChI is InChI=1S/C19H21N3O3/c23-14-20-12-7-13-21-18(24)19(25)22-17(15-8-3-1-4-9-15)16-10-5-2-6-11-16/h1-6,8-11,14,17H,7,12-13H2,(H,20,23)(H,21,24)(H,22,25). The van der Waals surface area contributed by atoms with Crippen LogP contribution in [0.2, 0.25) is 0 Å². The quantitative estimate of drug-likeness (QED) is 0.383. The summed E-state index contributed by atoms with van der Waals surface area (Å²) in [6, 6.07) is 18.5. The summed E-state index contributed by atoms with van der Waals surface area (Å²) in [7, 11) is 0. The second kappa shape index (κ2) is 9.87. The highest BCUT2D eigenvalue weighted by Crippen LogP contribution is 2.21. The molecule has 3 N–H and O–H groups in total. The van der Waals surface area contributed by atoms with Crippen LogP contribution in [0.25, 0.3) is 0 Å². The molecule has 0 radical (unpaired) electrons. The molecule has 130 valence electrons. The first-order valence-corrected chi connectivity index (χ1v) is 8.08. The Morgan fingerprint density at radius 1 is 0.840 bits per heavy atom. The molecule has 0 unspecified atom stereocenters. The van der Waals surface area contributed by atoms with Gasteiger partial charge in [0.05, 0.1) is 6.04 Å². The number of benzene rings is 2. The van der Waals surface area contributed by atoms with Gasteiger partial charge in [-0.1, -0.05) is 60.7 Å². The summed E-state index contributed by atoms with van der Waals surface area (Å²) in [5.74, 6) is -1.39. The SMILES string of the molecule is O=CNCCCNC(=O)C(=O)NC(c1ccccc1)c1ccccc1.